The van der Waals surface area contributed by atoms with E-state index in [-0.39, 0.29) is 0 Å². The van der Waals surface area contributed by atoms with Crippen molar-refractivity contribution in [1.82, 2.24) is 4.98 Å². The first kappa shape index (κ1) is 15.1. The van der Waals surface area contributed by atoms with Crippen LogP contribution >= 0.6 is 27.5 Å². The minimum atomic E-state index is 0.728. The molecule has 3 rings (SSSR count). The Labute approximate surface area is 139 Å². The number of nitrogens with one attached hydrogen (secondary N) is 1. The quantitative estimate of drug-likeness (QED) is 0.699. The van der Waals surface area contributed by atoms with Crippen LogP contribution in [0.25, 0.3) is 10.9 Å². The number of nitrogens with zero attached hydrogens (tertiary/aromatic N) is 1. The summed E-state index contributed by atoms with van der Waals surface area (Å²) in [7, 11) is 0. The number of aryl methyl sites for hydroxylation is 1. The third kappa shape index (κ3) is 3.04. The number of anilines is 1. The molecule has 0 atom stereocenters. The fourth-order valence-corrected chi connectivity index (χ4v) is 3.93. The summed E-state index contributed by atoms with van der Waals surface area (Å²) in [6.07, 6.45) is 7.07. The molecule has 4 heteroatoms. The van der Waals surface area contributed by atoms with Gasteiger partial charge < -0.3 is 5.32 Å². The molecule has 0 fully saturated rings. The van der Waals surface area contributed by atoms with Crippen LogP contribution in [0.5, 0.6) is 0 Å². The van der Waals surface area contributed by atoms with Gasteiger partial charge in [0.1, 0.15) is 0 Å². The van der Waals surface area contributed by atoms with Gasteiger partial charge in [-0.25, -0.2) is 0 Å². The third-order valence-electron chi connectivity index (χ3n) is 4.09. The molecule has 0 amide bonds. The van der Waals surface area contributed by atoms with Crippen LogP contribution in [-0.4, -0.2) is 11.5 Å². The lowest BCUT2D eigenvalue weighted by atomic mass is 10.0. The lowest BCUT2D eigenvalue weighted by Crippen LogP contribution is -2.08. The van der Waals surface area contributed by atoms with Crippen molar-refractivity contribution in [2.24, 2.45) is 0 Å². The average molecular weight is 368 g/mol. The molecule has 21 heavy (non-hydrogen) atoms. The predicted molar refractivity (Wildman–Crippen MR) is 94.5 cm³/mol. The van der Waals surface area contributed by atoms with Crippen LogP contribution in [0.4, 0.5) is 5.69 Å². The smallest absolute Gasteiger partial charge is 0.0913 e. The molecule has 0 bridgehead atoms. The molecule has 2 aromatic rings. The van der Waals surface area contributed by atoms with E-state index in [9.17, 15) is 0 Å². The van der Waals surface area contributed by atoms with Crippen molar-refractivity contribution in [3.63, 3.8) is 0 Å². The zero-order valence-corrected chi connectivity index (χ0v) is 14.6. The van der Waals surface area contributed by atoms with E-state index >= 15 is 0 Å². The molecule has 1 aliphatic carbocycles. The summed E-state index contributed by atoms with van der Waals surface area (Å²) in [5.74, 6) is 0. The highest BCUT2D eigenvalue weighted by atomic mass is 79.9. The van der Waals surface area contributed by atoms with E-state index < -0.39 is 0 Å². The Balaban J connectivity index is 2.26. The largest absolute Gasteiger partial charge is 0.384 e. The highest BCUT2D eigenvalue weighted by Crippen LogP contribution is 2.37. The first-order valence-corrected chi connectivity index (χ1v) is 8.92. The van der Waals surface area contributed by atoms with Gasteiger partial charge in [-0.15, -0.1) is 0 Å². The molecule has 0 radical (unpaired) electrons. The second kappa shape index (κ2) is 6.53. The van der Waals surface area contributed by atoms with Crippen molar-refractivity contribution in [2.75, 3.05) is 11.9 Å². The molecule has 1 aliphatic rings. The lowest BCUT2D eigenvalue weighted by Gasteiger charge is -2.17. The number of hydrogen-bond donors (Lipinski definition) is 1. The van der Waals surface area contributed by atoms with Gasteiger partial charge in [-0.3, -0.25) is 4.98 Å². The molecule has 0 saturated heterocycles. The number of rotatable bonds is 3. The van der Waals surface area contributed by atoms with Crippen molar-refractivity contribution < 1.29 is 0 Å². The maximum Gasteiger partial charge on any atom is 0.0913 e. The first-order chi connectivity index (χ1) is 10.2. The first-order valence-electron chi connectivity index (χ1n) is 7.75. The zero-order chi connectivity index (χ0) is 14.8. The van der Waals surface area contributed by atoms with E-state index in [1.807, 2.05) is 6.07 Å². The summed E-state index contributed by atoms with van der Waals surface area (Å²) in [4.78, 5) is 4.89. The fraction of sp³-hybridized carbons (Fsp3) is 0.471. The number of benzene rings is 1. The van der Waals surface area contributed by atoms with E-state index in [0.29, 0.717) is 0 Å². The highest BCUT2D eigenvalue weighted by molar-refractivity contribution is 9.10. The van der Waals surface area contributed by atoms with Crippen LogP contribution in [0.15, 0.2) is 16.6 Å². The van der Waals surface area contributed by atoms with Gasteiger partial charge in [-0.1, -0.05) is 40.9 Å². The van der Waals surface area contributed by atoms with Gasteiger partial charge in [-0.2, -0.15) is 0 Å². The number of aromatic nitrogens is 1. The Morgan fingerprint density at radius 3 is 2.86 bits per heavy atom. The van der Waals surface area contributed by atoms with E-state index in [0.717, 1.165) is 46.2 Å². The van der Waals surface area contributed by atoms with Gasteiger partial charge in [0, 0.05) is 27.8 Å². The second-order valence-corrected chi connectivity index (χ2v) is 7.01. The Kier molecular flexibility index (Phi) is 4.70. The van der Waals surface area contributed by atoms with Crippen LogP contribution in [0.2, 0.25) is 5.02 Å². The Hall–Kier alpha value is -0.800. The van der Waals surface area contributed by atoms with Crippen molar-refractivity contribution in [3.05, 3.63) is 32.9 Å². The summed E-state index contributed by atoms with van der Waals surface area (Å²) >= 11 is 9.99. The molecule has 0 spiro atoms. The molecule has 1 N–H and O–H groups in total. The van der Waals surface area contributed by atoms with Gasteiger partial charge in [-0.05, 0) is 49.8 Å². The normalized spacial score (nSPS) is 14.8. The maximum absolute atomic E-state index is 6.43. The van der Waals surface area contributed by atoms with E-state index in [1.165, 1.54) is 36.2 Å². The van der Waals surface area contributed by atoms with Crippen molar-refractivity contribution in [3.8, 4) is 0 Å². The minimum Gasteiger partial charge on any atom is -0.384 e. The van der Waals surface area contributed by atoms with Crippen LogP contribution in [0, 0.1) is 0 Å². The van der Waals surface area contributed by atoms with Gasteiger partial charge in [0.25, 0.3) is 0 Å². The molecule has 1 aromatic carbocycles. The molecule has 0 saturated carbocycles. The molecule has 2 nitrogen and oxygen atoms in total. The van der Waals surface area contributed by atoms with Crippen LogP contribution in [0.1, 0.15) is 43.9 Å². The molecule has 1 aromatic heterocycles. The molecule has 0 aliphatic heterocycles. The van der Waals surface area contributed by atoms with E-state index in [4.69, 9.17) is 16.6 Å². The number of fused-ring (bicyclic) bond motifs is 2. The Bertz CT molecular complexity index is 670. The highest BCUT2D eigenvalue weighted by Gasteiger charge is 2.18. The summed E-state index contributed by atoms with van der Waals surface area (Å²) in [6.45, 7) is 3.17. The van der Waals surface area contributed by atoms with Crippen LogP contribution in [0.3, 0.4) is 0 Å². The SMILES string of the molecule is CCCNc1c2c(nc3c(Cl)cc(Br)cc13)CCCCC2. The van der Waals surface area contributed by atoms with Crippen LogP contribution < -0.4 is 5.32 Å². The topological polar surface area (TPSA) is 24.9 Å². The summed E-state index contributed by atoms with van der Waals surface area (Å²) in [5.41, 5.74) is 4.83. The number of pyridine rings is 1. The van der Waals surface area contributed by atoms with Crippen LogP contribution in [-0.2, 0) is 12.8 Å². The molecular formula is C17H20BrClN2. The van der Waals surface area contributed by atoms with Crippen molar-refractivity contribution >= 4 is 44.1 Å². The minimum absolute atomic E-state index is 0.728. The second-order valence-electron chi connectivity index (χ2n) is 5.68. The summed E-state index contributed by atoms with van der Waals surface area (Å²) in [6, 6.07) is 4.07. The molecule has 0 unspecified atom stereocenters. The molecular weight excluding hydrogens is 348 g/mol. The van der Waals surface area contributed by atoms with Gasteiger partial charge >= 0.3 is 0 Å². The molecule has 1 heterocycles. The zero-order valence-electron chi connectivity index (χ0n) is 12.3. The van der Waals surface area contributed by atoms with Gasteiger partial charge in [0.2, 0.25) is 0 Å². The summed E-state index contributed by atoms with van der Waals surface area (Å²) < 4.78 is 1.01. The molecule has 112 valence electrons. The predicted octanol–water partition coefficient (Wildman–Crippen LogP) is 5.74. The van der Waals surface area contributed by atoms with Gasteiger partial charge in [0.05, 0.1) is 10.5 Å². The standard InChI is InChI=1S/C17H20BrClN2/c1-2-8-20-16-12-6-4-3-5-7-15(12)21-17-13(16)9-11(18)10-14(17)19/h9-10H,2-8H2,1H3,(H,20,21). The van der Waals surface area contributed by atoms with E-state index in [1.54, 1.807) is 0 Å². The number of hydrogen-bond acceptors (Lipinski definition) is 2. The Morgan fingerprint density at radius 2 is 2.05 bits per heavy atom. The van der Waals surface area contributed by atoms with Crippen molar-refractivity contribution in [2.45, 2.75) is 45.4 Å². The maximum atomic E-state index is 6.43. The monoisotopic (exact) mass is 366 g/mol. The Morgan fingerprint density at radius 1 is 1.24 bits per heavy atom. The van der Waals surface area contributed by atoms with Gasteiger partial charge in [0.15, 0.2) is 0 Å². The van der Waals surface area contributed by atoms with Crippen molar-refractivity contribution in [1.29, 1.82) is 0 Å². The lowest BCUT2D eigenvalue weighted by molar-refractivity contribution is 0.709. The third-order valence-corrected chi connectivity index (χ3v) is 4.83. The van der Waals surface area contributed by atoms with E-state index in [2.05, 4.69) is 34.2 Å². The number of halogens is 2. The fourth-order valence-electron chi connectivity index (χ4n) is 3.08. The summed E-state index contributed by atoms with van der Waals surface area (Å²) in [5, 5.41) is 5.50. The average Bonchev–Trinajstić information content (AvgIpc) is 2.69.